The van der Waals surface area contributed by atoms with Crippen LogP contribution in [0.4, 0.5) is 5.69 Å². The number of halogens is 1. The first-order chi connectivity index (χ1) is 17.1. The Morgan fingerprint density at radius 3 is 2.25 bits per heavy atom. The van der Waals surface area contributed by atoms with Gasteiger partial charge in [0.1, 0.15) is 11.8 Å². The van der Waals surface area contributed by atoms with Crippen LogP contribution in [0.5, 0.6) is 5.75 Å². The van der Waals surface area contributed by atoms with Crippen LogP contribution in [0.3, 0.4) is 0 Å². The molecular weight excluding hydrogens is 502 g/mol. The lowest BCUT2D eigenvalue weighted by Gasteiger charge is -2.29. The Morgan fingerprint density at radius 2 is 1.69 bits per heavy atom. The highest BCUT2D eigenvalue weighted by atomic mass is 35.5. The molecule has 8 nitrogen and oxygen atoms in total. The molecule has 0 spiro atoms. The summed E-state index contributed by atoms with van der Waals surface area (Å²) in [5, 5.41) is 3.39. The van der Waals surface area contributed by atoms with Gasteiger partial charge in [-0.3, -0.25) is 13.9 Å². The largest absolute Gasteiger partial charge is 0.497 e. The predicted molar refractivity (Wildman–Crippen MR) is 144 cm³/mol. The standard InChI is InChI=1S/C26H36ClN3O5S/c1-5-6-17-28-26(32)20(2)29(19-21-9-15-24(35-3)16-10-21)25(31)8-7-18-30(36(4,33)34)23-13-11-22(27)12-14-23/h9-16,20H,5-8,17-19H2,1-4H3,(H,28,32)/t20-/m0/s1. The summed E-state index contributed by atoms with van der Waals surface area (Å²) in [5.74, 6) is 0.253. The second-order valence-corrected chi connectivity index (χ2v) is 10.9. The predicted octanol–water partition coefficient (Wildman–Crippen LogP) is 4.23. The smallest absolute Gasteiger partial charge is 0.242 e. The van der Waals surface area contributed by atoms with Crippen molar-refractivity contribution in [3.05, 3.63) is 59.1 Å². The Labute approximate surface area is 219 Å². The monoisotopic (exact) mass is 537 g/mol. The van der Waals surface area contributed by atoms with Crippen LogP contribution in [-0.4, -0.2) is 57.6 Å². The Morgan fingerprint density at radius 1 is 1.06 bits per heavy atom. The van der Waals surface area contributed by atoms with E-state index in [4.69, 9.17) is 16.3 Å². The van der Waals surface area contributed by atoms with Crippen molar-refractivity contribution < 1.29 is 22.7 Å². The molecule has 2 rings (SSSR count). The van der Waals surface area contributed by atoms with Crippen molar-refractivity contribution in [3.8, 4) is 5.75 Å². The molecule has 1 atom stereocenters. The molecule has 1 N–H and O–H groups in total. The van der Waals surface area contributed by atoms with Gasteiger partial charge in [-0.25, -0.2) is 8.42 Å². The summed E-state index contributed by atoms with van der Waals surface area (Å²) >= 11 is 5.93. The molecule has 0 bridgehead atoms. The number of benzene rings is 2. The number of nitrogens with one attached hydrogen (secondary N) is 1. The van der Waals surface area contributed by atoms with Crippen LogP contribution in [0, 0.1) is 0 Å². The van der Waals surface area contributed by atoms with Crippen LogP contribution in [0.25, 0.3) is 0 Å². The Kier molecular flexibility index (Phi) is 11.5. The molecule has 2 amide bonds. The van der Waals surface area contributed by atoms with Crippen molar-refractivity contribution in [2.75, 3.05) is 30.8 Å². The maximum atomic E-state index is 13.3. The second-order valence-electron chi connectivity index (χ2n) is 8.61. The molecular formula is C26H36ClN3O5S. The Bertz CT molecular complexity index is 1090. The molecule has 0 saturated carbocycles. The van der Waals surface area contributed by atoms with E-state index >= 15 is 0 Å². The molecule has 10 heteroatoms. The summed E-state index contributed by atoms with van der Waals surface area (Å²) in [5.41, 5.74) is 1.34. The lowest BCUT2D eigenvalue weighted by Crippen LogP contribution is -2.47. The zero-order chi connectivity index (χ0) is 26.7. The lowest BCUT2D eigenvalue weighted by atomic mass is 10.1. The van der Waals surface area contributed by atoms with E-state index in [1.54, 1.807) is 50.4 Å². The average molecular weight is 538 g/mol. The first-order valence-electron chi connectivity index (χ1n) is 12.0. The molecule has 2 aromatic rings. The third kappa shape index (κ3) is 9.02. The fourth-order valence-electron chi connectivity index (χ4n) is 3.66. The van der Waals surface area contributed by atoms with Gasteiger partial charge in [0.15, 0.2) is 0 Å². The number of anilines is 1. The Hall–Kier alpha value is -2.78. The maximum Gasteiger partial charge on any atom is 0.242 e. The van der Waals surface area contributed by atoms with Crippen LogP contribution in [0.1, 0.15) is 45.1 Å². The van der Waals surface area contributed by atoms with Crippen LogP contribution < -0.4 is 14.4 Å². The van der Waals surface area contributed by atoms with E-state index in [0.717, 1.165) is 24.7 Å². The summed E-state index contributed by atoms with van der Waals surface area (Å²) in [6.07, 6.45) is 3.31. The van der Waals surface area contributed by atoms with Crippen molar-refractivity contribution in [2.45, 2.75) is 52.1 Å². The molecule has 198 valence electrons. The van der Waals surface area contributed by atoms with Crippen LogP contribution >= 0.6 is 11.6 Å². The number of methoxy groups -OCH3 is 1. The third-order valence-electron chi connectivity index (χ3n) is 5.78. The van der Waals surface area contributed by atoms with Gasteiger partial charge in [0.2, 0.25) is 21.8 Å². The zero-order valence-electron chi connectivity index (χ0n) is 21.4. The highest BCUT2D eigenvalue weighted by Gasteiger charge is 2.26. The quantitative estimate of drug-likeness (QED) is 0.364. The number of hydrogen-bond donors (Lipinski definition) is 1. The molecule has 0 aliphatic carbocycles. The summed E-state index contributed by atoms with van der Waals surface area (Å²) < 4.78 is 31.2. The van der Waals surface area contributed by atoms with E-state index in [-0.39, 0.29) is 37.7 Å². The number of nitrogens with zero attached hydrogens (tertiary/aromatic N) is 2. The average Bonchev–Trinajstić information content (AvgIpc) is 2.85. The lowest BCUT2D eigenvalue weighted by molar-refractivity contribution is -0.140. The van der Waals surface area contributed by atoms with Gasteiger partial charge in [0, 0.05) is 31.1 Å². The van der Waals surface area contributed by atoms with Crippen LogP contribution in [-0.2, 0) is 26.2 Å². The Balaban J connectivity index is 2.14. The topological polar surface area (TPSA) is 96.0 Å². The van der Waals surface area contributed by atoms with E-state index in [1.165, 1.54) is 9.21 Å². The molecule has 0 aliphatic heterocycles. The fourth-order valence-corrected chi connectivity index (χ4v) is 4.75. The van der Waals surface area contributed by atoms with Gasteiger partial charge in [-0.1, -0.05) is 37.1 Å². The van der Waals surface area contributed by atoms with E-state index in [2.05, 4.69) is 5.32 Å². The van der Waals surface area contributed by atoms with Crippen molar-refractivity contribution in [3.63, 3.8) is 0 Å². The summed E-state index contributed by atoms with van der Waals surface area (Å²) in [4.78, 5) is 27.6. The minimum Gasteiger partial charge on any atom is -0.497 e. The number of unbranched alkanes of at least 4 members (excludes halogenated alkanes) is 1. The van der Waals surface area contributed by atoms with E-state index in [1.807, 2.05) is 19.1 Å². The number of rotatable bonds is 14. The molecule has 0 aliphatic rings. The highest BCUT2D eigenvalue weighted by molar-refractivity contribution is 7.92. The number of hydrogen-bond acceptors (Lipinski definition) is 5. The number of amides is 2. The first kappa shape index (κ1) is 29.5. The summed E-state index contributed by atoms with van der Waals surface area (Å²) in [7, 11) is -1.98. The third-order valence-corrected chi connectivity index (χ3v) is 7.22. The van der Waals surface area contributed by atoms with Gasteiger partial charge in [-0.05, 0) is 61.7 Å². The zero-order valence-corrected chi connectivity index (χ0v) is 22.9. The van der Waals surface area contributed by atoms with Gasteiger partial charge in [-0.2, -0.15) is 0 Å². The van der Waals surface area contributed by atoms with E-state index < -0.39 is 16.1 Å². The van der Waals surface area contributed by atoms with Gasteiger partial charge < -0.3 is 15.0 Å². The molecule has 36 heavy (non-hydrogen) atoms. The molecule has 0 unspecified atom stereocenters. The number of carbonyl (C=O) groups is 2. The molecule has 0 radical (unpaired) electrons. The minimum atomic E-state index is -3.56. The van der Waals surface area contributed by atoms with Crippen molar-refractivity contribution in [1.29, 1.82) is 0 Å². The van der Waals surface area contributed by atoms with Crippen molar-refractivity contribution >= 4 is 39.1 Å². The normalized spacial score (nSPS) is 12.0. The van der Waals surface area contributed by atoms with Crippen LogP contribution in [0.15, 0.2) is 48.5 Å². The SMILES string of the molecule is CCCCNC(=O)[C@H](C)N(Cc1ccc(OC)cc1)C(=O)CCCN(c1ccc(Cl)cc1)S(C)(=O)=O. The number of ether oxygens (including phenoxy) is 1. The van der Waals surface area contributed by atoms with Crippen molar-refractivity contribution in [2.24, 2.45) is 0 Å². The number of carbonyl (C=O) groups excluding carboxylic acids is 2. The highest BCUT2D eigenvalue weighted by Crippen LogP contribution is 2.22. The maximum absolute atomic E-state index is 13.3. The molecule has 0 aromatic heterocycles. The van der Waals surface area contributed by atoms with Gasteiger partial charge >= 0.3 is 0 Å². The number of sulfonamides is 1. The van der Waals surface area contributed by atoms with Crippen molar-refractivity contribution in [1.82, 2.24) is 10.2 Å². The van der Waals surface area contributed by atoms with Gasteiger partial charge in [-0.15, -0.1) is 0 Å². The molecule has 0 saturated heterocycles. The fraction of sp³-hybridized carbons (Fsp3) is 0.462. The first-order valence-corrected chi connectivity index (χ1v) is 14.2. The second kappa shape index (κ2) is 14.1. The summed E-state index contributed by atoms with van der Waals surface area (Å²) in [6.45, 7) is 4.67. The van der Waals surface area contributed by atoms with E-state index in [0.29, 0.717) is 23.0 Å². The van der Waals surface area contributed by atoms with Crippen LogP contribution in [0.2, 0.25) is 5.02 Å². The summed E-state index contributed by atoms with van der Waals surface area (Å²) in [6, 6.07) is 13.1. The molecule has 0 heterocycles. The van der Waals surface area contributed by atoms with Gasteiger partial charge in [0.05, 0.1) is 19.1 Å². The molecule has 0 fully saturated rings. The minimum absolute atomic E-state index is 0.0857. The molecule has 2 aromatic carbocycles. The van der Waals surface area contributed by atoms with E-state index in [9.17, 15) is 18.0 Å². The van der Waals surface area contributed by atoms with Gasteiger partial charge in [0.25, 0.3) is 0 Å².